The van der Waals surface area contributed by atoms with Gasteiger partial charge < -0.3 is 15.8 Å². The number of rotatable bonds is 7. The number of carbonyl (C=O) groups is 1. The number of ether oxygens (including phenoxy) is 1. The van der Waals surface area contributed by atoms with Crippen molar-refractivity contribution in [2.24, 2.45) is 11.1 Å². The second-order valence-corrected chi connectivity index (χ2v) is 3.71. The van der Waals surface area contributed by atoms with Crippen LogP contribution in [0.4, 0.5) is 8.78 Å². The predicted molar refractivity (Wildman–Crippen MR) is 50.6 cm³/mol. The van der Waals surface area contributed by atoms with Crippen LogP contribution in [-0.4, -0.2) is 38.6 Å². The first-order valence-electron chi connectivity index (χ1n) is 4.95. The van der Waals surface area contributed by atoms with Gasteiger partial charge in [0.15, 0.2) is 0 Å². The topological polar surface area (TPSA) is 64.4 Å². The molecule has 6 heteroatoms. The summed E-state index contributed by atoms with van der Waals surface area (Å²) in [5, 5.41) is 2.62. The van der Waals surface area contributed by atoms with Crippen LogP contribution in [0.2, 0.25) is 0 Å². The molecular weight excluding hydrogens is 206 g/mol. The van der Waals surface area contributed by atoms with Crippen LogP contribution in [0.1, 0.15) is 12.8 Å². The second kappa shape index (κ2) is 5.37. The highest BCUT2D eigenvalue weighted by atomic mass is 19.3. The summed E-state index contributed by atoms with van der Waals surface area (Å²) in [4.78, 5) is 11.5. The predicted octanol–water partition coefficient (Wildman–Crippen LogP) is 0.123. The van der Waals surface area contributed by atoms with Gasteiger partial charge >= 0.3 is 0 Å². The van der Waals surface area contributed by atoms with Crippen LogP contribution in [0.3, 0.4) is 0 Å². The van der Waals surface area contributed by atoms with Gasteiger partial charge in [-0.1, -0.05) is 0 Å². The van der Waals surface area contributed by atoms with E-state index in [-0.39, 0.29) is 24.5 Å². The third-order valence-electron chi connectivity index (χ3n) is 2.50. The number of alkyl halides is 2. The standard InChI is InChI=1S/C9H16F2N2O2/c10-7(11)5-15-4-3-13-8(14)9(6-12)1-2-9/h7H,1-6,12H2,(H,13,14). The van der Waals surface area contributed by atoms with Gasteiger partial charge in [0.1, 0.15) is 6.61 Å². The number of halogens is 2. The van der Waals surface area contributed by atoms with Gasteiger partial charge in [-0.25, -0.2) is 8.78 Å². The summed E-state index contributed by atoms with van der Waals surface area (Å²) in [5.74, 6) is -0.0920. The molecule has 1 saturated carbocycles. The van der Waals surface area contributed by atoms with E-state index >= 15 is 0 Å². The van der Waals surface area contributed by atoms with Crippen LogP contribution >= 0.6 is 0 Å². The van der Waals surface area contributed by atoms with Crippen LogP contribution < -0.4 is 11.1 Å². The molecule has 1 aliphatic rings. The number of amides is 1. The normalized spacial score (nSPS) is 17.9. The summed E-state index contributed by atoms with van der Waals surface area (Å²) in [6.07, 6.45) is -0.833. The van der Waals surface area contributed by atoms with E-state index in [1.165, 1.54) is 0 Å². The number of nitrogens with two attached hydrogens (primary N) is 1. The molecule has 1 fully saturated rings. The Kier molecular flexibility index (Phi) is 4.41. The van der Waals surface area contributed by atoms with E-state index in [9.17, 15) is 13.6 Å². The third kappa shape index (κ3) is 3.71. The molecule has 88 valence electrons. The van der Waals surface area contributed by atoms with Crippen molar-refractivity contribution in [3.63, 3.8) is 0 Å². The molecule has 0 radical (unpaired) electrons. The molecule has 0 atom stereocenters. The molecule has 0 saturated heterocycles. The lowest BCUT2D eigenvalue weighted by atomic mass is 10.1. The van der Waals surface area contributed by atoms with Gasteiger partial charge in [0.2, 0.25) is 5.91 Å². The highest BCUT2D eigenvalue weighted by Gasteiger charge is 2.48. The lowest BCUT2D eigenvalue weighted by Crippen LogP contribution is -2.38. The Morgan fingerprint density at radius 1 is 1.53 bits per heavy atom. The van der Waals surface area contributed by atoms with Gasteiger partial charge in [-0.05, 0) is 12.8 Å². The zero-order valence-corrected chi connectivity index (χ0v) is 8.47. The molecule has 1 amide bonds. The quantitative estimate of drug-likeness (QED) is 0.601. The number of nitrogens with one attached hydrogen (secondary N) is 1. The summed E-state index contributed by atoms with van der Waals surface area (Å²) in [6, 6.07) is 0. The molecule has 0 aromatic carbocycles. The van der Waals surface area contributed by atoms with Crippen LogP contribution in [0, 0.1) is 5.41 Å². The van der Waals surface area contributed by atoms with E-state index in [2.05, 4.69) is 10.1 Å². The van der Waals surface area contributed by atoms with E-state index in [0.717, 1.165) is 12.8 Å². The van der Waals surface area contributed by atoms with Crippen LogP contribution in [0.15, 0.2) is 0 Å². The number of hydrogen-bond donors (Lipinski definition) is 2. The maximum absolute atomic E-state index is 11.6. The number of hydrogen-bond acceptors (Lipinski definition) is 3. The minimum atomic E-state index is -2.46. The van der Waals surface area contributed by atoms with Gasteiger partial charge in [-0.15, -0.1) is 0 Å². The van der Waals surface area contributed by atoms with Crippen molar-refractivity contribution in [1.29, 1.82) is 0 Å². The van der Waals surface area contributed by atoms with Crippen molar-refractivity contribution in [1.82, 2.24) is 5.32 Å². The number of carbonyl (C=O) groups excluding carboxylic acids is 1. The largest absolute Gasteiger partial charge is 0.374 e. The van der Waals surface area contributed by atoms with E-state index in [0.29, 0.717) is 6.54 Å². The van der Waals surface area contributed by atoms with Crippen molar-refractivity contribution in [3.05, 3.63) is 0 Å². The average molecular weight is 222 g/mol. The molecular formula is C9H16F2N2O2. The smallest absolute Gasteiger partial charge is 0.261 e. The molecule has 0 unspecified atom stereocenters. The molecule has 15 heavy (non-hydrogen) atoms. The van der Waals surface area contributed by atoms with Gasteiger partial charge in [-0.2, -0.15) is 0 Å². The maximum atomic E-state index is 11.6. The summed E-state index contributed by atoms with van der Waals surface area (Å²) >= 11 is 0. The highest BCUT2D eigenvalue weighted by molar-refractivity contribution is 5.85. The highest BCUT2D eigenvalue weighted by Crippen LogP contribution is 2.44. The van der Waals surface area contributed by atoms with Crippen molar-refractivity contribution < 1.29 is 18.3 Å². The minimum Gasteiger partial charge on any atom is -0.374 e. The van der Waals surface area contributed by atoms with E-state index < -0.39 is 13.0 Å². The zero-order chi connectivity index (χ0) is 11.3. The fraction of sp³-hybridized carbons (Fsp3) is 0.889. The molecule has 0 heterocycles. The molecule has 0 bridgehead atoms. The van der Waals surface area contributed by atoms with Gasteiger partial charge in [0, 0.05) is 13.1 Å². The molecule has 0 spiro atoms. The van der Waals surface area contributed by atoms with Crippen molar-refractivity contribution in [2.45, 2.75) is 19.3 Å². The fourth-order valence-electron chi connectivity index (χ4n) is 1.27. The van der Waals surface area contributed by atoms with E-state index in [1.807, 2.05) is 0 Å². The fourth-order valence-corrected chi connectivity index (χ4v) is 1.27. The molecule has 4 nitrogen and oxygen atoms in total. The first-order chi connectivity index (χ1) is 7.10. The summed E-state index contributed by atoms with van der Waals surface area (Å²) < 4.78 is 27.9. The van der Waals surface area contributed by atoms with Crippen molar-refractivity contribution in [3.8, 4) is 0 Å². The first kappa shape index (κ1) is 12.3. The lowest BCUT2D eigenvalue weighted by molar-refractivity contribution is -0.126. The summed E-state index contributed by atoms with van der Waals surface area (Å²) in [5.41, 5.74) is 5.06. The van der Waals surface area contributed by atoms with E-state index in [4.69, 9.17) is 5.73 Å². The maximum Gasteiger partial charge on any atom is 0.261 e. The van der Waals surface area contributed by atoms with Crippen LogP contribution in [0.25, 0.3) is 0 Å². The average Bonchev–Trinajstić information content (AvgIpc) is 2.97. The Morgan fingerprint density at radius 2 is 2.20 bits per heavy atom. The summed E-state index contributed by atoms with van der Waals surface area (Å²) in [7, 11) is 0. The van der Waals surface area contributed by atoms with Gasteiger partial charge in [0.05, 0.1) is 12.0 Å². The SMILES string of the molecule is NCC1(C(=O)NCCOCC(F)F)CC1. The Labute approximate surface area is 87.1 Å². The Morgan fingerprint density at radius 3 is 2.67 bits per heavy atom. The molecule has 0 aliphatic heterocycles. The van der Waals surface area contributed by atoms with Gasteiger partial charge in [0.25, 0.3) is 6.43 Å². The zero-order valence-electron chi connectivity index (χ0n) is 8.47. The monoisotopic (exact) mass is 222 g/mol. The third-order valence-corrected chi connectivity index (χ3v) is 2.50. The minimum absolute atomic E-state index is 0.0920. The molecule has 0 aromatic heterocycles. The van der Waals surface area contributed by atoms with Crippen LogP contribution in [-0.2, 0) is 9.53 Å². The molecule has 1 rings (SSSR count). The Hall–Kier alpha value is -0.750. The molecule has 1 aliphatic carbocycles. The lowest BCUT2D eigenvalue weighted by Gasteiger charge is -2.12. The van der Waals surface area contributed by atoms with Gasteiger partial charge in [-0.3, -0.25) is 4.79 Å². The first-order valence-corrected chi connectivity index (χ1v) is 4.95. The Balaban J connectivity index is 2.03. The van der Waals surface area contributed by atoms with E-state index in [1.54, 1.807) is 0 Å². The second-order valence-electron chi connectivity index (χ2n) is 3.71. The van der Waals surface area contributed by atoms with Crippen molar-refractivity contribution >= 4 is 5.91 Å². The summed E-state index contributed by atoms with van der Waals surface area (Å²) in [6.45, 7) is 0.124. The molecule has 3 N–H and O–H groups in total. The van der Waals surface area contributed by atoms with Crippen molar-refractivity contribution in [2.75, 3.05) is 26.3 Å². The molecule has 0 aromatic rings. The van der Waals surface area contributed by atoms with Crippen LogP contribution in [0.5, 0.6) is 0 Å². The Bertz CT molecular complexity index is 220.